The summed E-state index contributed by atoms with van der Waals surface area (Å²) in [4.78, 5) is 25.1. The van der Waals surface area contributed by atoms with E-state index in [1.807, 2.05) is 114 Å². The van der Waals surface area contributed by atoms with Gasteiger partial charge in [0.05, 0.1) is 0 Å². The summed E-state index contributed by atoms with van der Waals surface area (Å²) in [6.45, 7) is 11.3. The molecule has 0 atom stereocenters. The summed E-state index contributed by atoms with van der Waals surface area (Å²) >= 11 is 0. The Kier molecular flexibility index (Phi) is 7.17. The molecule has 0 heterocycles. The smallest absolute Gasteiger partial charge is 0.528 e. The average Bonchev–Trinajstić information content (AvgIpc) is 2.85. The fourth-order valence-electron chi connectivity index (χ4n) is 3.79. The zero-order valence-electron chi connectivity index (χ0n) is 22.3. The van der Waals surface area contributed by atoms with E-state index in [1.54, 1.807) is 0 Å². The number of nitrogens with one attached hydrogen (secondary N) is 2. The first-order valence-electron chi connectivity index (χ1n) is 12.4. The molecule has 0 aromatic heterocycles. The Balaban J connectivity index is 1.54. The highest BCUT2D eigenvalue weighted by atomic mass is 16.6. The number of benzene rings is 4. The van der Waals surface area contributed by atoms with Crippen LogP contribution in [0.1, 0.15) is 41.5 Å². The van der Waals surface area contributed by atoms with Crippen LogP contribution in [0.15, 0.2) is 72.8 Å². The third kappa shape index (κ3) is 5.88. The summed E-state index contributed by atoms with van der Waals surface area (Å²) in [6, 6.07) is 22.9. The van der Waals surface area contributed by atoms with Crippen LogP contribution in [0.2, 0.25) is 0 Å². The average molecular weight is 496 g/mol. The van der Waals surface area contributed by atoms with Crippen molar-refractivity contribution in [3.8, 4) is 11.5 Å². The molecule has 0 aliphatic rings. The molecule has 2 amide bonds. The summed E-state index contributed by atoms with van der Waals surface area (Å²) in [5, 5.41) is 9.59. The highest BCUT2D eigenvalue weighted by Gasteiger charge is 2.23. The van der Waals surface area contributed by atoms with Gasteiger partial charge in [-0.15, -0.1) is 0 Å². The number of anilines is 2. The number of amides is 2. The van der Waals surface area contributed by atoms with E-state index in [-0.39, 0.29) is 19.5 Å². The van der Waals surface area contributed by atoms with Gasteiger partial charge in [0.1, 0.15) is 11.5 Å². The second-order valence-corrected chi connectivity index (χ2v) is 11.1. The summed E-state index contributed by atoms with van der Waals surface area (Å²) in [5.74, 6) is 1.21. The SMILES string of the molecule is CC(C)(C)C(=O)Nc1ccc(OBOc2ccc(NC(=O)C(C)(C)C)c3ccccc23)c2ccccc12. The molecule has 7 heteroatoms. The molecule has 37 heavy (non-hydrogen) atoms. The first-order valence-corrected chi connectivity index (χ1v) is 12.4. The molecule has 0 saturated carbocycles. The molecule has 4 aromatic rings. The number of hydrogen-bond donors (Lipinski definition) is 2. The van der Waals surface area contributed by atoms with E-state index in [4.69, 9.17) is 9.31 Å². The minimum Gasteiger partial charge on any atom is -0.528 e. The number of carbonyl (C=O) groups excluding carboxylic acids is 2. The van der Waals surface area contributed by atoms with E-state index in [0.717, 1.165) is 32.9 Å². The molecule has 0 spiro atoms. The molecular weight excluding hydrogens is 463 g/mol. The number of rotatable bonds is 6. The zero-order valence-corrected chi connectivity index (χ0v) is 22.3. The van der Waals surface area contributed by atoms with Crippen molar-refractivity contribution in [3.63, 3.8) is 0 Å². The molecule has 4 aromatic carbocycles. The highest BCUT2D eigenvalue weighted by Crippen LogP contribution is 2.34. The third-order valence-corrected chi connectivity index (χ3v) is 6.06. The van der Waals surface area contributed by atoms with Crippen LogP contribution in [0.25, 0.3) is 21.5 Å². The molecule has 0 aliphatic carbocycles. The van der Waals surface area contributed by atoms with Gasteiger partial charge in [0.2, 0.25) is 11.8 Å². The minimum atomic E-state index is -0.502. The van der Waals surface area contributed by atoms with Gasteiger partial charge >= 0.3 is 7.69 Å². The van der Waals surface area contributed by atoms with Gasteiger partial charge in [0, 0.05) is 43.7 Å². The molecular formula is C30H33BN2O4. The molecule has 0 fully saturated rings. The van der Waals surface area contributed by atoms with Crippen molar-refractivity contribution in [2.75, 3.05) is 10.6 Å². The van der Waals surface area contributed by atoms with E-state index in [0.29, 0.717) is 11.5 Å². The van der Waals surface area contributed by atoms with E-state index in [2.05, 4.69) is 10.6 Å². The van der Waals surface area contributed by atoms with Crippen molar-refractivity contribution in [1.82, 2.24) is 0 Å². The predicted molar refractivity (Wildman–Crippen MR) is 152 cm³/mol. The van der Waals surface area contributed by atoms with Gasteiger partial charge in [-0.2, -0.15) is 0 Å². The van der Waals surface area contributed by atoms with Gasteiger partial charge < -0.3 is 19.9 Å². The summed E-state index contributed by atoms with van der Waals surface area (Å²) in [6.07, 6.45) is 0. The van der Waals surface area contributed by atoms with Crippen LogP contribution in [-0.4, -0.2) is 19.5 Å². The molecule has 190 valence electrons. The van der Waals surface area contributed by atoms with Crippen LogP contribution in [-0.2, 0) is 9.59 Å². The summed E-state index contributed by atoms with van der Waals surface area (Å²) in [5.41, 5.74) is 0.473. The lowest BCUT2D eigenvalue weighted by Gasteiger charge is -2.20. The Hall–Kier alpha value is -4.00. The molecule has 4 rings (SSSR count). The Bertz CT molecular complexity index is 1360. The normalized spacial score (nSPS) is 11.7. The van der Waals surface area contributed by atoms with Crippen molar-refractivity contribution in [2.45, 2.75) is 41.5 Å². The van der Waals surface area contributed by atoms with Gasteiger partial charge in [-0.3, -0.25) is 9.59 Å². The molecule has 0 bridgehead atoms. The molecule has 6 nitrogen and oxygen atoms in total. The van der Waals surface area contributed by atoms with E-state index >= 15 is 0 Å². The first kappa shape index (κ1) is 26.1. The largest absolute Gasteiger partial charge is 0.576 e. The van der Waals surface area contributed by atoms with E-state index < -0.39 is 10.8 Å². The second kappa shape index (κ2) is 10.2. The maximum absolute atomic E-state index is 12.5. The fourth-order valence-corrected chi connectivity index (χ4v) is 3.79. The van der Waals surface area contributed by atoms with Crippen LogP contribution in [0.4, 0.5) is 11.4 Å². The summed E-state index contributed by atoms with van der Waals surface area (Å²) < 4.78 is 12.1. The number of hydrogen-bond acceptors (Lipinski definition) is 4. The lowest BCUT2D eigenvalue weighted by molar-refractivity contribution is -0.123. The third-order valence-electron chi connectivity index (χ3n) is 6.06. The van der Waals surface area contributed by atoms with Crippen LogP contribution in [0.3, 0.4) is 0 Å². The minimum absolute atomic E-state index is 0.00458. The maximum atomic E-state index is 12.5. The van der Waals surface area contributed by atoms with Crippen molar-refractivity contribution in [3.05, 3.63) is 72.8 Å². The molecule has 0 aliphatic heterocycles. The maximum Gasteiger partial charge on any atom is 0.576 e. The molecule has 2 N–H and O–H groups in total. The van der Waals surface area contributed by atoms with Crippen molar-refractivity contribution >= 4 is 52.4 Å². The zero-order chi connectivity index (χ0) is 26.8. The predicted octanol–water partition coefficient (Wildman–Crippen LogP) is 6.69. The highest BCUT2D eigenvalue weighted by molar-refractivity contribution is 6.22. The topological polar surface area (TPSA) is 76.7 Å². The fraction of sp³-hybridized carbons (Fsp3) is 0.267. The monoisotopic (exact) mass is 496 g/mol. The van der Waals surface area contributed by atoms with Crippen LogP contribution < -0.4 is 19.9 Å². The van der Waals surface area contributed by atoms with Crippen LogP contribution in [0.5, 0.6) is 11.5 Å². The van der Waals surface area contributed by atoms with Gasteiger partial charge in [0.15, 0.2) is 0 Å². The Morgan fingerprint density at radius 1 is 0.568 bits per heavy atom. The van der Waals surface area contributed by atoms with E-state index in [1.165, 1.54) is 0 Å². The van der Waals surface area contributed by atoms with Gasteiger partial charge in [-0.05, 0) is 24.3 Å². The Morgan fingerprint density at radius 2 is 0.919 bits per heavy atom. The van der Waals surface area contributed by atoms with Gasteiger partial charge in [-0.1, -0.05) is 90.1 Å². The standard InChI is InChI=1S/C30H33BN2O4/c1-29(2,3)27(34)32-23-15-17-25(21-13-9-7-11-19(21)23)36-31-37-26-18-16-24(33-28(35)30(4,5)6)20-12-8-10-14-22(20)26/h7-18,31H,1-6H3,(H,32,34)(H,33,35). The second-order valence-electron chi connectivity index (χ2n) is 11.1. The lowest BCUT2D eigenvalue weighted by atomic mass is 9.95. The van der Waals surface area contributed by atoms with Crippen molar-refractivity contribution < 1.29 is 18.9 Å². The first-order chi connectivity index (χ1) is 17.4. The lowest BCUT2D eigenvalue weighted by Crippen LogP contribution is -2.27. The Morgan fingerprint density at radius 3 is 1.27 bits per heavy atom. The summed E-state index contributed by atoms with van der Waals surface area (Å²) in [7, 11) is -0.00458. The van der Waals surface area contributed by atoms with Crippen molar-refractivity contribution in [2.24, 2.45) is 10.8 Å². The number of carbonyl (C=O) groups is 2. The van der Waals surface area contributed by atoms with E-state index in [9.17, 15) is 9.59 Å². The molecule has 0 radical (unpaired) electrons. The molecule has 0 unspecified atom stereocenters. The van der Waals surface area contributed by atoms with Crippen LogP contribution >= 0.6 is 0 Å². The van der Waals surface area contributed by atoms with Crippen LogP contribution in [0, 0.1) is 10.8 Å². The van der Waals surface area contributed by atoms with Gasteiger partial charge in [0.25, 0.3) is 0 Å². The van der Waals surface area contributed by atoms with Crippen molar-refractivity contribution in [1.29, 1.82) is 0 Å². The number of fused-ring (bicyclic) bond motifs is 2. The molecule has 0 saturated heterocycles. The quantitative estimate of drug-likeness (QED) is 0.292. The Labute approximate surface area is 218 Å². The van der Waals surface area contributed by atoms with Gasteiger partial charge in [-0.25, -0.2) is 0 Å².